The number of hydrogen-bond acceptors (Lipinski definition) is 4. The molecule has 0 spiro atoms. The minimum atomic E-state index is -0.395. The van der Waals surface area contributed by atoms with Crippen molar-refractivity contribution in [3.63, 3.8) is 0 Å². The third-order valence-corrected chi connectivity index (χ3v) is 4.36. The largest absolute Gasteiger partial charge is 0.439 e. The monoisotopic (exact) mass is 393 g/mol. The number of benzene rings is 2. The highest BCUT2D eigenvalue weighted by Crippen LogP contribution is 2.21. The van der Waals surface area contributed by atoms with Crippen LogP contribution in [0.15, 0.2) is 66.9 Å². The van der Waals surface area contributed by atoms with E-state index in [1.54, 1.807) is 25.3 Å². The molecule has 2 N–H and O–H groups in total. The van der Waals surface area contributed by atoms with E-state index in [-0.39, 0.29) is 11.7 Å². The lowest BCUT2D eigenvalue weighted by molar-refractivity contribution is -0.121. The molecule has 3 aromatic rings. The predicted molar refractivity (Wildman–Crippen MR) is 112 cm³/mol. The van der Waals surface area contributed by atoms with Crippen molar-refractivity contribution >= 4 is 11.6 Å². The van der Waals surface area contributed by atoms with E-state index in [4.69, 9.17) is 4.74 Å². The van der Waals surface area contributed by atoms with Gasteiger partial charge >= 0.3 is 0 Å². The van der Waals surface area contributed by atoms with Crippen molar-refractivity contribution in [1.29, 1.82) is 0 Å². The molecule has 29 heavy (non-hydrogen) atoms. The number of aromatic nitrogens is 1. The van der Waals surface area contributed by atoms with E-state index < -0.39 is 6.04 Å². The van der Waals surface area contributed by atoms with Gasteiger partial charge in [0.2, 0.25) is 11.8 Å². The normalized spacial score (nSPS) is 11.6. The van der Waals surface area contributed by atoms with Gasteiger partial charge in [0.15, 0.2) is 0 Å². The summed E-state index contributed by atoms with van der Waals surface area (Å²) in [6, 6.07) is 17.0. The molecular weight excluding hydrogens is 369 g/mol. The van der Waals surface area contributed by atoms with Gasteiger partial charge in [0, 0.05) is 24.5 Å². The molecule has 0 fully saturated rings. The summed E-state index contributed by atoms with van der Waals surface area (Å²) >= 11 is 0. The number of hydrogen-bond donors (Lipinski definition) is 2. The molecule has 0 radical (unpaired) electrons. The standard InChI is InChI=1S/C23H24FN3O2/c1-16-3-12-22(26-15-16)29-21-10-8-20(9-11-21)27-17(2)23(28)25-14-13-18-4-6-19(24)7-5-18/h3-12,15,17,27H,13-14H2,1-2H3,(H,25,28). The maximum Gasteiger partial charge on any atom is 0.242 e. The van der Waals surface area contributed by atoms with Gasteiger partial charge < -0.3 is 15.4 Å². The van der Waals surface area contributed by atoms with Gasteiger partial charge in [0.1, 0.15) is 17.6 Å². The van der Waals surface area contributed by atoms with Gasteiger partial charge in [0.05, 0.1) is 0 Å². The lowest BCUT2D eigenvalue weighted by Crippen LogP contribution is -2.38. The molecule has 3 rings (SSSR count). The maximum atomic E-state index is 12.9. The molecule has 2 aromatic carbocycles. The molecule has 0 saturated heterocycles. The second kappa shape index (κ2) is 9.68. The first-order chi connectivity index (χ1) is 14.0. The Morgan fingerprint density at radius 1 is 1.07 bits per heavy atom. The van der Waals surface area contributed by atoms with E-state index in [1.165, 1.54) is 12.1 Å². The number of ether oxygens (including phenoxy) is 1. The molecule has 0 aliphatic carbocycles. The van der Waals surface area contributed by atoms with Crippen molar-refractivity contribution in [2.24, 2.45) is 0 Å². The van der Waals surface area contributed by atoms with Crippen molar-refractivity contribution in [2.75, 3.05) is 11.9 Å². The van der Waals surface area contributed by atoms with Crippen molar-refractivity contribution in [1.82, 2.24) is 10.3 Å². The Bertz CT molecular complexity index is 926. The highest BCUT2D eigenvalue weighted by molar-refractivity contribution is 5.84. The first-order valence-electron chi connectivity index (χ1n) is 9.49. The number of pyridine rings is 1. The summed E-state index contributed by atoms with van der Waals surface area (Å²) in [5.41, 5.74) is 2.86. The summed E-state index contributed by atoms with van der Waals surface area (Å²) < 4.78 is 18.6. The summed E-state index contributed by atoms with van der Waals surface area (Å²) in [6.07, 6.45) is 2.40. The third kappa shape index (κ3) is 6.31. The van der Waals surface area contributed by atoms with Crippen LogP contribution in [0.5, 0.6) is 11.6 Å². The molecule has 0 saturated carbocycles. The van der Waals surface area contributed by atoms with E-state index in [0.717, 1.165) is 16.8 Å². The van der Waals surface area contributed by atoms with Gasteiger partial charge in [-0.1, -0.05) is 18.2 Å². The van der Waals surface area contributed by atoms with Crippen LogP contribution in [-0.2, 0) is 11.2 Å². The minimum Gasteiger partial charge on any atom is -0.439 e. The van der Waals surface area contributed by atoms with Crippen molar-refractivity contribution in [3.8, 4) is 11.6 Å². The number of halogens is 1. The zero-order chi connectivity index (χ0) is 20.6. The predicted octanol–water partition coefficient (Wildman–Crippen LogP) is 4.48. The van der Waals surface area contributed by atoms with Crippen molar-refractivity contribution in [3.05, 3.63) is 83.8 Å². The lowest BCUT2D eigenvalue weighted by Gasteiger charge is -2.15. The molecule has 1 aromatic heterocycles. The number of carbonyl (C=O) groups is 1. The second-order valence-corrected chi connectivity index (χ2v) is 6.83. The second-order valence-electron chi connectivity index (χ2n) is 6.83. The molecule has 6 heteroatoms. The Kier molecular flexibility index (Phi) is 6.79. The minimum absolute atomic E-state index is 0.101. The zero-order valence-electron chi connectivity index (χ0n) is 16.5. The first-order valence-corrected chi connectivity index (χ1v) is 9.49. The number of carbonyl (C=O) groups excluding carboxylic acids is 1. The number of amides is 1. The van der Waals surface area contributed by atoms with Crippen LogP contribution in [-0.4, -0.2) is 23.5 Å². The summed E-state index contributed by atoms with van der Waals surface area (Å²) in [6.45, 7) is 4.26. The molecule has 0 bridgehead atoms. The van der Waals surface area contributed by atoms with Crippen LogP contribution in [0.1, 0.15) is 18.1 Å². The molecule has 1 amide bonds. The van der Waals surface area contributed by atoms with Gasteiger partial charge in [-0.25, -0.2) is 9.37 Å². The smallest absolute Gasteiger partial charge is 0.242 e. The van der Waals surface area contributed by atoms with E-state index in [9.17, 15) is 9.18 Å². The number of nitrogens with one attached hydrogen (secondary N) is 2. The van der Waals surface area contributed by atoms with Gasteiger partial charge in [-0.2, -0.15) is 0 Å². The van der Waals surface area contributed by atoms with Crippen LogP contribution in [0.3, 0.4) is 0 Å². The Hall–Kier alpha value is -3.41. The summed E-state index contributed by atoms with van der Waals surface area (Å²) in [5, 5.41) is 6.05. The summed E-state index contributed by atoms with van der Waals surface area (Å²) in [7, 11) is 0. The Labute approximate surface area is 169 Å². The van der Waals surface area contributed by atoms with Gasteiger partial charge in [-0.15, -0.1) is 0 Å². The molecule has 1 atom stereocenters. The molecule has 1 heterocycles. The molecule has 0 aliphatic heterocycles. The number of nitrogens with zero attached hydrogens (tertiary/aromatic N) is 1. The van der Waals surface area contributed by atoms with Crippen LogP contribution in [0.4, 0.5) is 10.1 Å². The number of aryl methyl sites for hydroxylation is 1. The fourth-order valence-corrected chi connectivity index (χ4v) is 2.70. The molecule has 1 unspecified atom stereocenters. The number of rotatable bonds is 8. The quantitative estimate of drug-likeness (QED) is 0.592. The van der Waals surface area contributed by atoms with E-state index in [1.807, 2.05) is 43.3 Å². The fraction of sp³-hybridized carbons (Fsp3) is 0.217. The number of anilines is 1. The van der Waals surface area contributed by atoms with E-state index >= 15 is 0 Å². The third-order valence-electron chi connectivity index (χ3n) is 4.36. The summed E-state index contributed by atoms with van der Waals surface area (Å²) in [4.78, 5) is 16.5. The molecular formula is C23H24FN3O2. The molecule has 150 valence electrons. The average molecular weight is 393 g/mol. The molecule has 5 nitrogen and oxygen atoms in total. The van der Waals surface area contributed by atoms with E-state index in [2.05, 4.69) is 15.6 Å². The highest BCUT2D eigenvalue weighted by atomic mass is 19.1. The SMILES string of the molecule is Cc1ccc(Oc2ccc(NC(C)C(=O)NCCc3ccc(F)cc3)cc2)nc1. The van der Waals surface area contributed by atoms with Gasteiger partial charge in [-0.3, -0.25) is 4.79 Å². The van der Waals surface area contributed by atoms with Crippen LogP contribution in [0.2, 0.25) is 0 Å². The van der Waals surface area contributed by atoms with Crippen LogP contribution in [0, 0.1) is 12.7 Å². The Morgan fingerprint density at radius 3 is 2.45 bits per heavy atom. The fourth-order valence-electron chi connectivity index (χ4n) is 2.70. The van der Waals surface area contributed by atoms with Crippen LogP contribution in [0.25, 0.3) is 0 Å². The van der Waals surface area contributed by atoms with Crippen molar-refractivity contribution < 1.29 is 13.9 Å². The first kappa shape index (κ1) is 20.3. The van der Waals surface area contributed by atoms with Gasteiger partial charge in [-0.05, 0) is 67.8 Å². The molecule has 0 aliphatic rings. The van der Waals surface area contributed by atoms with Crippen LogP contribution < -0.4 is 15.4 Å². The summed E-state index contributed by atoms with van der Waals surface area (Å²) in [5.74, 6) is 0.840. The van der Waals surface area contributed by atoms with E-state index in [0.29, 0.717) is 24.6 Å². The highest BCUT2D eigenvalue weighted by Gasteiger charge is 2.12. The topological polar surface area (TPSA) is 63.2 Å². The van der Waals surface area contributed by atoms with Crippen molar-refractivity contribution in [2.45, 2.75) is 26.3 Å². The average Bonchev–Trinajstić information content (AvgIpc) is 2.72. The zero-order valence-corrected chi connectivity index (χ0v) is 16.5. The maximum absolute atomic E-state index is 12.9. The lowest BCUT2D eigenvalue weighted by atomic mass is 10.1. The van der Waals surface area contributed by atoms with Crippen LogP contribution >= 0.6 is 0 Å². The Balaban J connectivity index is 1.45. The Morgan fingerprint density at radius 2 is 1.79 bits per heavy atom. The van der Waals surface area contributed by atoms with Gasteiger partial charge in [0.25, 0.3) is 0 Å².